The van der Waals surface area contributed by atoms with Gasteiger partial charge in [0.05, 0.1) is 15.6 Å². The van der Waals surface area contributed by atoms with Gasteiger partial charge in [0.25, 0.3) is 0 Å². The SMILES string of the molecule is Oc1ccc(-c2cc3c(Nc4ccc(F)c(Br)c4)ncnc3n2Cc2cc(F)cc(F)c2)cc1. The number of phenols is 1. The third-order valence-electron chi connectivity index (χ3n) is 5.30. The van der Waals surface area contributed by atoms with E-state index in [-0.39, 0.29) is 18.1 Å². The fourth-order valence-corrected chi connectivity index (χ4v) is 4.17. The molecule has 0 aliphatic rings. The summed E-state index contributed by atoms with van der Waals surface area (Å²) in [5, 5.41) is 13.5. The van der Waals surface area contributed by atoms with Gasteiger partial charge in [-0.15, -0.1) is 0 Å². The van der Waals surface area contributed by atoms with E-state index in [1.165, 1.54) is 24.5 Å². The Bertz CT molecular complexity index is 1500. The van der Waals surface area contributed by atoms with Crippen molar-refractivity contribution in [3.05, 3.63) is 101 Å². The number of anilines is 2. The maximum Gasteiger partial charge on any atom is 0.146 e. The Balaban J connectivity index is 1.66. The van der Waals surface area contributed by atoms with E-state index in [4.69, 9.17) is 0 Å². The van der Waals surface area contributed by atoms with Crippen molar-refractivity contribution in [2.45, 2.75) is 6.54 Å². The molecule has 34 heavy (non-hydrogen) atoms. The predicted molar refractivity (Wildman–Crippen MR) is 127 cm³/mol. The molecule has 5 aromatic rings. The quantitative estimate of drug-likeness (QED) is 0.266. The highest BCUT2D eigenvalue weighted by Gasteiger charge is 2.17. The van der Waals surface area contributed by atoms with Crippen molar-refractivity contribution in [2.75, 3.05) is 5.32 Å². The first kappa shape index (κ1) is 22.0. The molecule has 0 unspecified atom stereocenters. The summed E-state index contributed by atoms with van der Waals surface area (Å²) in [7, 11) is 0. The summed E-state index contributed by atoms with van der Waals surface area (Å²) >= 11 is 3.18. The first-order chi connectivity index (χ1) is 16.4. The molecule has 0 amide bonds. The number of hydrogen-bond acceptors (Lipinski definition) is 4. The molecule has 2 heterocycles. The molecule has 0 radical (unpaired) electrons. The van der Waals surface area contributed by atoms with E-state index in [2.05, 4.69) is 31.2 Å². The summed E-state index contributed by atoms with van der Waals surface area (Å²) in [6.07, 6.45) is 1.38. The van der Waals surface area contributed by atoms with Crippen LogP contribution in [0.4, 0.5) is 24.7 Å². The summed E-state index contributed by atoms with van der Waals surface area (Å²) in [5.74, 6) is -1.13. The van der Waals surface area contributed by atoms with Crippen LogP contribution in [0.1, 0.15) is 5.56 Å². The Morgan fingerprint density at radius 2 is 1.62 bits per heavy atom. The summed E-state index contributed by atoms with van der Waals surface area (Å²) in [6, 6.07) is 16.3. The zero-order valence-corrected chi connectivity index (χ0v) is 19.0. The zero-order valence-electron chi connectivity index (χ0n) is 17.4. The van der Waals surface area contributed by atoms with Crippen molar-refractivity contribution >= 4 is 38.5 Å². The maximum absolute atomic E-state index is 13.9. The van der Waals surface area contributed by atoms with Crippen LogP contribution in [0.3, 0.4) is 0 Å². The smallest absolute Gasteiger partial charge is 0.146 e. The molecule has 5 nitrogen and oxygen atoms in total. The molecule has 0 fully saturated rings. The number of rotatable bonds is 5. The van der Waals surface area contributed by atoms with Crippen molar-refractivity contribution in [3.63, 3.8) is 0 Å². The molecule has 0 bridgehead atoms. The van der Waals surface area contributed by atoms with Gasteiger partial charge < -0.3 is 15.0 Å². The first-order valence-corrected chi connectivity index (χ1v) is 11.0. The van der Waals surface area contributed by atoms with Crippen molar-refractivity contribution in [1.29, 1.82) is 0 Å². The molecule has 0 atom stereocenters. The second kappa shape index (κ2) is 8.83. The van der Waals surface area contributed by atoms with E-state index in [1.54, 1.807) is 36.4 Å². The Morgan fingerprint density at radius 3 is 2.32 bits per heavy atom. The highest BCUT2D eigenvalue weighted by atomic mass is 79.9. The van der Waals surface area contributed by atoms with Crippen LogP contribution in [0.5, 0.6) is 5.75 Å². The van der Waals surface area contributed by atoms with Crippen molar-refractivity contribution in [2.24, 2.45) is 0 Å². The highest BCUT2D eigenvalue weighted by molar-refractivity contribution is 9.10. The summed E-state index contributed by atoms with van der Waals surface area (Å²) in [6.45, 7) is 0.146. The van der Waals surface area contributed by atoms with E-state index < -0.39 is 11.6 Å². The molecule has 5 rings (SSSR count). The third kappa shape index (κ3) is 4.34. The first-order valence-electron chi connectivity index (χ1n) is 10.2. The lowest BCUT2D eigenvalue weighted by molar-refractivity contribution is 0.475. The lowest BCUT2D eigenvalue weighted by Crippen LogP contribution is -2.04. The van der Waals surface area contributed by atoms with E-state index in [1.807, 2.05) is 10.6 Å². The van der Waals surface area contributed by atoms with Gasteiger partial charge >= 0.3 is 0 Å². The number of aromatic nitrogens is 3. The topological polar surface area (TPSA) is 63.0 Å². The van der Waals surface area contributed by atoms with Crippen LogP contribution in [0.2, 0.25) is 0 Å². The van der Waals surface area contributed by atoms with Gasteiger partial charge in [0.15, 0.2) is 0 Å². The number of nitrogens with zero attached hydrogens (tertiary/aromatic N) is 3. The number of halogens is 4. The molecule has 0 aliphatic heterocycles. The number of nitrogens with one attached hydrogen (secondary N) is 1. The van der Waals surface area contributed by atoms with Crippen LogP contribution in [0.25, 0.3) is 22.3 Å². The Morgan fingerprint density at radius 1 is 0.882 bits per heavy atom. The van der Waals surface area contributed by atoms with Crippen molar-refractivity contribution < 1.29 is 18.3 Å². The fourth-order valence-electron chi connectivity index (χ4n) is 3.79. The molecule has 0 saturated carbocycles. The number of aromatic hydroxyl groups is 1. The summed E-state index contributed by atoms with van der Waals surface area (Å²) in [4.78, 5) is 8.77. The average molecular weight is 525 g/mol. The van der Waals surface area contributed by atoms with Gasteiger partial charge in [0.2, 0.25) is 0 Å². The standard InChI is InChI=1S/C25H16BrF3N4O/c26-21-10-18(3-6-22(21)29)32-24-20-11-23(15-1-4-19(34)5-2-15)33(25(20)31-13-30-24)12-14-7-16(27)9-17(28)8-14/h1-11,13,34H,12H2,(H,30,31,32). The van der Waals surface area contributed by atoms with E-state index in [0.29, 0.717) is 38.3 Å². The monoisotopic (exact) mass is 524 g/mol. The molecule has 2 N–H and O–H groups in total. The van der Waals surface area contributed by atoms with Crippen LogP contribution in [0.15, 0.2) is 77.5 Å². The summed E-state index contributed by atoms with van der Waals surface area (Å²) in [5.41, 5.74) is 3.04. The number of benzene rings is 3. The molecule has 0 aliphatic carbocycles. The third-order valence-corrected chi connectivity index (χ3v) is 5.91. The lowest BCUT2D eigenvalue weighted by atomic mass is 10.1. The van der Waals surface area contributed by atoms with Crippen LogP contribution in [0, 0.1) is 17.5 Å². The van der Waals surface area contributed by atoms with Gasteiger partial charge in [-0.1, -0.05) is 0 Å². The molecule has 9 heteroatoms. The van der Waals surface area contributed by atoms with Gasteiger partial charge in [0.1, 0.15) is 41.0 Å². The van der Waals surface area contributed by atoms with Crippen molar-refractivity contribution in [3.8, 4) is 17.0 Å². The maximum atomic E-state index is 13.9. The fraction of sp³-hybridized carbons (Fsp3) is 0.0400. The average Bonchev–Trinajstić information content (AvgIpc) is 3.15. The lowest BCUT2D eigenvalue weighted by Gasteiger charge is -2.12. The Kier molecular flexibility index (Phi) is 5.70. The van der Waals surface area contributed by atoms with Gasteiger partial charge in [-0.25, -0.2) is 23.1 Å². The minimum atomic E-state index is -0.670. The van der Waals surface area contributed by atoms with E-state index >= 15 is 0 Å². The predicted octanol–water partition coefficient (Wildman–Crippen LogP) is 6.78. The largest absolute Gasteiger partial charge is 0.508 e. The second-order valence-electron chi connectivity index (χ2n) is 7.65. The summed E-state index contributed by atoms with van der Waals surface area (Å²) < 4.78 is 43.5. The highest BCUT2D eigenvalue weighted by Crippen LogP contribution is 2.33. The number of fused-ring (bicyclic) bond motifs is 1. The van der Waals surface area contributed by atoms with Gasteiger partial charge in [0, 0.05) is 18.3 Å². The molecular formula is C25H16BrF3N4O. The minimum Gasteiger partial charge on any atom is -0.508 e. The number of hydrogen-bond donors (Lipinski definition) is 2. The van der Waals surface area contributed by atoms with E-state index in [9.17, 15) is 18.3 Å². The molecular weight excluding hydrogens is 509 g/mol. The molecule has 2 aromatic heterocycles. The normalized spacial score (nSPS) is 11.2. The molecule has 0 saturated heterocycles. The second-order valence-corrected chi connectivity index (χ2v) is 8.51. The molecule has 170 valence electrons. The van der Waals surface area contributed by atoms with Crippen LogP contribution >= 0.6 is 15.9 Å². The van der Waals surface area contributed by atoms with Crippen LogP contribution in [-0.2, 0) is 6.54 Å². The number of phenolic OH excluding ortho intramolecular Hbond substituents is 1. The minimum absolute atomic E-state index is 0.114. The molecule has 0 spiro atoms. The van der Waals surface area contributed by atoms with Gasteiger partial charge in [-0.3, -0.25) is 0 Å². The van der Waals surface area contributed by atoms with Gasteiger partial charge in [-0.05, 0) is 87.7 Å². The Labute approximate surface area is 200 Å². The molecule has 3 aromatic carbocycles. The zero-order chi connectivity index (χ0) is 23.8. The van der Waals surface area contributed by atoms with Crippen LogP contribution in [-0.4, -0.2) is 19.6 Å². The van der Waals surface area contributed by atoms with Crippen molar-refractivity contribution in [1.82, 2.24) is 14.5 Å². The van der Waals surface area contributed by atoms with Crippen LogP contribution < -0.4 is 5.32 Å². The van der Waals surface area contributed by atoms with E-state index in [0.717, 1.165) is 11.6 Å². The van der Waals surface area contributed by atoms with Gasteiger partial charge in [-0.2, -0.15) is 0 Å². The Hall–Kier alpha value is -3.85.